The van der Waals surface area contributed by atoms with Gasteiger partial charge in [0.1, 0.15) is 5.75 Å². The molecule has 0 aliphatic rings. The Kier molecular flexibility index (Phi) is 6.18. The predicted molar refractivity (Wildman–Crippen MR) is 68.8 cm³/mol. The summed E-state index contributed by atoms with van der Waals surface area (Å²) in [7, 11) is 0. The first-order chi connectivity index (χ1) is 8.58. The second kappa shape index (κ2) is 7.68. The summed E-state index contributed by atoms with van der Waals surface area (Å²) >= 11 is 0. The minimum absolute atomic E-state index is 0.102. The largest absolute Gasteiger partial charge is 0.484 e. The molecule has 0 saturated carbocycles. The van der Waals surface area contributed by atoms with Crippen LogP contribution in [-0.2, 0) is 16.2 Å². The van der Waals surface area contributed by atoms with Crippen LogP contribution in [0.2, 0.25) is 0 Å². The first-order valence-electron chi connectivity index (χ1n) is 5.92. The van der Waals surface area contributed by atoms with Crippen molar-refractivity contribution in [2.75, 3.05) is 13.2 Å². The molecule has 0 aliphatic heterocycles. The van der Waals surface area contributed by atoms with Gasteiger partial charge < -0.3 is 15.3 Å². The van der Waals surface area contributed by atoms with E-state index < -0.39 is 5.91 Å². The van der Waals surface area contributed by atoms with E-state index in [0.717, 1.165) is 5.56 Å². The Morgan fingerprint density at radius 3 is 2.56 bits per heavy atom. The number of amides is 1. The number of nitrogens with two attached hydrogens (primary N) is 1. The summed E-state index contributed by atoms with van der Waals surface area (Å²) in [5.41, 5.74) is 8.95. The van der Waals surface area contributed by atoms with Gasteiger partial charge >= 0.3 is 0 Å². The zero-order valence-corrected chi connectivity index (χ0v) is 10.8. The number of primary amides is 1. The van der Waals surface area contributed by atoms with Gasteiger partial charge in [-0.3, -0.25) is 4.79 Å². The number of hydrogen-bond acceptors (Lipinski definition) is 4. The van der Waals surface area contributed by atoms with Crippen molar-refractivity contribution in [1.82, 2.24) is 5.48 Å². The van der Waals surface area contributed by atoms with Crippen LogP contribution in [0.15, 0.2) is 24.3 Å². The van der Waals surface area contributed by atoms with E-state index in [2.05, 4.69) is 19.3 Å². The number of carbonyl (C=O) groups excluding carboxylic acids is 1. The van der Waals surface area contributed by atoms with Crippen molar-refractivity contribution in [1.29, 1.82) is 0 Å². The molecule has 1 aromatic carbocycles. The summed E-state index contributed by atoms with van der Waals surface area (Å²) in [5.74, 6) is 0.644. The minimum Gasteiger partial charge on any atom is -0.484 e. The van der Waals surface area contributed by atoms with E-state index in [1.807, 2.05) is 12.1 Å². The monoisotopic (exact) mass is 252 g/mol. The molecule has 0 saturated heterocycles. The average molecular weight is 252 g/mol. The summed E-state index contributed by atoms with van der Waals surface area (Å²) in [6.07, 6.45) is 0. The molecule has 1 amide bonds. The smallest absolute Gasteiger partial charge is 0.255 e. The predicted octanol–water partition coefficient (Wildman–Crippen LogP) is 1.23. The third-order valence-electron chi connectivity index (χ3n) is 2.10. The Bertz CT molecular complexity index is 363. The molecule has 0 aromatic heterocycles. The summed E-state index contributed by atoms with van der Waals surface area (Å²) in [5, 5.41) is 0. The second-order valence-electron chi connectivity index (χ2n) is 4.42. The van der Waals surface area contributed by atoms with Gasteiger partial charge in [0.15, 0.2) is 6.61 Å². The first-order valence-corrected chi connectivity index (χ1v) is 5.92. The Morgan fingerprint density at radius 2 is 2.00 bits per heavy atom. The van der Waals surface area contributed by atoms with Crippen molar-refractivity contribution >= 4 is 5.91 Å². The lowest BCUT2D eigenvalue weighted by Crippen LogP contribution is -2.20. The second-order valence-corrected chi connectivity index (χ2v) is 4.42. The van der Waals surface area contributed by atoms with E-state index in [1.165, 1.54) is 0 Å². The van der Waals surface area contributed by atoms with Gasteiger partial charge in [-0.25, -0.2) is 0 Å². The minimum atomic E-state index is -0.483. The van der Waals surface area contributed by atoms with E-state index in [-0.39, 0.29) is 6.61 Å². The third-order valence-corrected chi connectivity index (χ3v) is 2.10. The number of hydroxylamine groups is 1. The van der Waals surface area contributed by atoms with Crippen molar-refractivity contribution in [3.8, 4) is 5.75 Å². The Balaban J connectivity index is 2.29. The SMILES string of the molecule is CC(C)CONCc1ccc(OCC(N)=O)cc1. The molecule has 5 nitrogen and oxygen atoms in total. The Labute approximate surface area is 107 Å². The summed E-state index contributed by atoms with van der Waals surface area (Å²) in [6, 6.07) is 7.40. The molecule has 100 valence electrons. The number of nitrogens with one attached hydrogen (secondary N) is 1. The van der Waals surface area contributed by atoms with Crippen LogP contribution in [0.4, 0.5) is 0 Å². The molecule has 0 fully saturated rings. The third kappa shape index (κ3) is 6.22. The molecule has 1 rings (SSSR count). The molecule has 0 aliphatic carbocycles. The van der Waals surface area contributed by atoms with Crippen molar-refractivity contribution in [3.05, 3.63) is 29.8 Å². The van der Waals surface area contributed by atoms with E-state index in [0.29, 0.717) is 24.8 Å². The van der Waals surface area contributed by atoms with Gasteiger partial charge in [0, 0.05) is 6.54 Å². The maximum atomic E-state index is 10.5. The molecule has 0 bridgehead atoms. The number of rotatable bonds is 8. The molecular formula is C13H20N2O3. The van der Waals surface area contributed by atoms with Crippen LogP contribution < -0.4 is 16.0 Å². The maximum absolute atomic E-state index is 10.5. The standard InChI is InChI=1S/C13H20N2O3/c1-10(2)8-18-15-7-11-3-5-12(6-4-11)17-9-13(14)16/h3-6,10,15H,7-9H2,1-2H3,(H2,14,16). The van der Waals surface area contributed by atoms with Gasteiger partial charge in [0.25, 0.3) is 5.91 Å². The van der Waals surface area contributed by atoms with E-state index >= 15 is 0 Å². The quantitative estimate of drug-likeness (QED) is 0.539. The average Bonchev–Trinajstić information content (AvgIpc) is 2.33. The number of benzene rings is 1. The molecule has 0 atom stereocenters. The Hall–Kier alpha value is -1.59. The van der Waals surface area contributed by atoms with Crippen LogP contribution in [0.3, 0.4) is 0 Å². The summed E-state index contributed by atoms with van der Waals surface area (Å²) < 4.78 is 5.15. The van der Waals surface area contributed by atoms with Crippen molar-refractivity contribution in [3.63, 3.8) is 0 Å². The van der Waals surface area contributed by atoms with Crippen LogP contribution in [0.25, 0.3) is 0 Å². The maximum Gasteiger partial charge on any atom is 0.255 e. The van der Waals surface area contributed by atoms with Crippen LogP contribution in [-0.4, -0.2) is 19.1 Å². The highest BCUT2D eigenvalue weighted by Crippen LogP contribution is 2.11. The van der Waals surface area contributed by atoms with Crippen LogP contribution in [0.5, 0.6) is 5.75 Å². The summed E-state index contributed by atoms with van der Waals surface area (Å²) in [4.78, 5) is 15.8. The number of ether oxygens (including phenoxy) is 1. The zero-order valence-electron chi connectivity index (χ0n) is 10.8. The topological polar surface area (TPSA) is 73.6 Å². The van der Waals surface area contributed by atoms with Crippen molar-refractivity contribution < 1.29 is 14.4 Å². The lowest BCUT2D eigenvalue weighted by Gasteiger charge is -2.08. The van der Waals surface area contributed by atoms with Gasteiger partial charge in [-0.05, 0) is 23.6 Å². The first kappa shape index (κ1) is 14.5. The van der Waals surface area contributed by atoms with Gasteiger partial charge in [0.05, 0.1) is 6.61 Å². The number of hydrogen-bond donors (Lipinski definition) is 2. The van der Waals surface area contributed by atoms with Gasteiger partial charge in [-0.2, -0.15) is 5.48 Å². The van der Waals surface area contributed by atoms with Crippen molar-refractivity contribution in [2.45, 2.75) is 20.4 Å². The number of carbonyl (C=O) groups is 1. The highest BCUT2D eigenvalue weighted by Gasteiger charge is 1.99. The fourth-order valence-corrected chi connectivity index (χ4v) is 1.22. The fraction of sp³-hybridized carbons (Fsp3) is 0.462. The van der Waals surface area contributed by atoms with Gasteiger partial charge in [-0.15, -0.1) is 0 Å². The molecule has 5 heteroatoms. The fourth-order valence-electron chi connectivity index (χ4n) is 1.22. The van der Waals surface area contributed by atoms with Gasteiger partial charge in [-0.1, -0.05) is 26.0 Å². The Morgan fingerprint density at radius 1 is 1.33 bits per heavy atom. The highest BCUT2D eigenvalue weighted by atomic mass is 16.6. The van der Waals surface area contributed by atoms with Gasteiger partial charge in [0.2, 0.25) is 0 Å². The lowest BCUT2D eigenvalue weighted by atomic mass is 10.2. The summed E-state index contributed by atoms with van der Waals surface area (Å²) in [6.45, 7) is 5.39. The molecule has 0 spiro atoms. The molecule has 0 unspecified atom stereocenters. The normalized spacial score (nSPS) is 10.6. The van der Waals surface area contributed by atoms with E-state index in [9.17, 15) is 4.79 Å². The van der Waals surface area contributed by atoms with Crippen LogP contribution in [0.1, 0.15) is 19.4 Å². The molecule has 1 aromatic rings. The van der Waals surface area contributed by atoms with E-state index in [4.69, 9.17) is 15.3 Å². The van der Waals surface area contributed by atoms with Crippen LogP contribution >= 0.6 is 0 Å². The lowest BCUT2D eigenvalue weighted by molar-refractivity contribution is -0.119. The molecule has 0 heterocycles. The van der Waals surface area contributed by atoms with E-state index in [1.54, 1.807) is 12.1 Å². The zero-order chi connectivity index (χ0) is 13.4. The molecular weight excluding hydrogens is 232 g/mol. The van der Waals surface area contributed by atoms with Crippen LogP contribution in [0, 0.1) is 5.92 Å². The molecule has 3 N–H and O–H groups in total. The van der Waals surface area contributed by atoms with Crippen molar-refractivity contribution in [2.24, 2.45) is 11.7 Å². The molecule has 0 radical (unpaired) electrons. The highest BCUT2D eigenvalue weighted by molar-refractivity contribution is 5.75. The molecule has 18 heavy (non-hydrogen) atoms.